The van der Waals surface area contributed by atoms with Gasteiger partial charge in [0.2, 0.25) is 0 Å². The second kappa shape index (κ2) is 4.92. The quantitative estimate of drug-likeness (QED) is 0.868. The first-order valence-corrected chi connectivity index (χ1v) is 7.59. The van der Waals surface area contributed by atoms with Crippen molar-refractivity contribution in [3.05, 3.63) is 59.2 Å². The number of carbonyl (C=O) groups excluding carboxylic acids is 1. The third kappa shape index (κ3) is 2.09. The monoisotopic (exact) mass is 278 g/mol. The highest BCUT2D eigenvalue weighted by Crippen LogP contribution is 2.30. The van der Waals surface area contributed by atoms with Gasteiger partial charge in [-0.25, -0.2) is 0 Å². The minimum Gasteiger partial charge on any atom is -0.385 e. The first-order chi connectivity index (χ1) is 10.3. The zero-order valence-corrected chi connectivity index (χ0v) is 11.9. The Balaban J connectivity index is 1.67. The summed E-state index contributed by atoms with van der Waals surface area (Å²) in [4.78, 5) is 14.7. The van der Waals surface area contributed by atoms with Gasteiger partial charge in [0.15, 0.2) is 0 Å². The fourth-order valence-electron chi connectivity index (χ4n) is 3.31. The molecule has 1 N–H and O–H groups in total. The van der Waals surface area contributed by atoms with E-state index in [2.05, 4.69) is 17.4 Å². The van der Waals surface area contributed by atoms with Gasteiger partial charge in [-0.2, -0.15) is 0 Å². The fraction of sp³-hybridized carbons (Fsp3) is 0.278. The molecule has 106 valence electrons. The van der Waals surface area contributed by atoms with E-state index in [1.807, 2.05) is 35.2 Å². The summed E-state index contributed by atoms with van der Waals surface area (Å²) in [6.45, 7) is 1.81. The van der Waals surface area contributed by atoms with Crippen LogP contribution in [0.3, 0.4) is 0 Å². The lowest BCUT2D eigenvalue weighted by Crippen LogP contribution is -2.29. The molecule has 0 unspecified atom stereocenters. The van der Waals surface area contributed by atoms with E-state index in [4.69, 9.17) is 0 Å². The maximum absolute atomic E-state index is 12.8. The number of amides is 1. The number of carbonyl (C=O) groups is 1. The van der Waals surface area contributed by atoms with Crippen LogP contribution in [0, 0.1) is 0 Å². The minimum absolute atomic E-state index is 0.119. The second-order valence-electron chi connectivity index (χ2n) is 5.74. The second-order valence-corrected chi connectivity index (χ2v) is 5.74. The van der Waals surface area contributed by atoms with Crippen LogP contribution in [0.4, 0.5) is 11.4 Å². The van der Waals surface area contributed by atoms with Gasteiger partial charge in [-0.05, 0) is 54.7 Å². The van der Waals surface area contributed by atoms with E-state index >= 15 is 0 Å². The van der Waals surface area contributed by atoms with Gasteiger partial charge >= 0.3 is 0 Å². The molecule has 2 aliphatic rings. The van der Waals surface area contributed by atoms with Crippen molar-refractivity contribution in [3.63, 3.8) is 0 Å². The van der Waals surface area contributed by atoms with Crippen LogP contribution in [0.25, 0.3) is 0 Å². The van der Waals surface area contributed by atoms with Crippen LogP contribution < -0.4 is 10.2 Å². The highest BCUT2D eigenvalue weighted by Gasteiger charge is 2.25. The van der Waals surface area contributed by atoms with Gasteiger partial charge in [-0.3, -0.25) is 4.79 Å². The van der Waals surface area contributed by atoms with Gasteiger partial charge in [0.25, 0.3) is 5.91 Å². The number of anilines is 2. The molecule has 2 aromatic carbocycles. The molecule has 2 aliphatic heterocycles. The first-order valence-electron chi connectivity index (χ1n) is 7.59. The molecule has 1 amide bonds. The summed E-state index contributed by atoms with van der Waals surface area (Å²) in [5, 5.41) is 3.39. The van der Waals surface area contributed by atoms with Crippen molar-refractivity contribution in [3.8, 4) is 0 Å². The Morgan fingerprint density at radius 1 is 1.05 bits per heavy atom. The third-order valence-electron chi connectivity index (χ3n) is 4.42. The fourth-order valence-corrected chi connectivity index (χ4v) is 3.31. The molecule has 0 spiro atoms. The molecule has 21 heavy (non-hydrogen) atoms. The van der Waals surface area contributed by atoms with Gasteiger partial charge in [0.1, 0.15) is 0 Å². The molecular formula is C18H18N2O. The van der Waals surface area contributed by atoms with Crippen molar-refractivity contribution in [1.82, 2.24) is 0 Å². The number of hydrogen-bond donors (Lipinski definition) is 1. The van der Waals surface area contributed by atoms with Crippen LogP contribution >= 0.6 is 0 Å². The van der Waals surface area contributed by atoms with Crippen molar-refractivity contribution < 1.29 is 4.79 Å². The Hall–Kier alpha value is -2.29. The van der Waals surface area contributed by atoms with Crippen molar-refractivity contribution in [2.24, 2.45) is 0 Å². The van der Waals surface area contributed by atoms with Gasteiger partial charge in [-0.15, -0.1) is 0 Å². The van der Waals surface area contributed by atoms with E-state index in [9.17, 15) is 4.79 Å². The normalized spacial score (nSPS) is 16.1. The summed E-state index contributed by atoms with van der Waals surface area (Å²) in [6, 6.07) is 14.2. The average Bonchev–Trinajstić information content (AvgIpc) is 2.98. The molecule has 0 radical (unpaired) electrons. The Bertz CT molecular complexity index is 708. The molecule has 0 bridgehead atoms. The maximum atomic E-state index is 12.8. The smallest absolute Gasteiger partial charge is 0.258 e. The van der Waals surface area contributed by atoms with Crippen molar-refractivity contribution in [1.29, 1.82) is 0 Å². The molecule has 4 rings (SSSR count). The SMILES string of the molecule is O=C(c1ccc2c(c1)CCCN2)N1CCc2ccccc21. The molecule has 3 heteroatoms. The summed E-state index contributed by atoms with van der Waals surface area (Å²) in [7, 11) is 0. The van der Waals surface area contributed by atoms with E-state index in [0.29, 0.717) is 0 Å². The number of nitrogens with one attached hydrogen (secondary N) is 1. The molecule has 0 fully saturated rings. The summed E-state index contributed by atoms with van der Waals surface area (Å²) < 4.78 is 0. The number of para-hydroxylation sites is 1. The average molecular weight is 278 g/mol. The van der Waals surface area contributed by atoms with Crippen molar-refractivity contribution in [2.75, 3.05) is 23.3 Å². The number of rotatable bonds is 1. The Morgan fingerprint density at radius 3 is 2.90 bits per heavy atom. The minimum atomic E-state index is 0.119. The van der Waals surface area contributed by atoms with E-state index in [-0.39, 0.29) is 5.91 Å². The number of aryl methyl sites for hydroxylation is 1. The summed E-state index contributed by atoms with van der Waals surface area (Å²) in [5.41, 5.74) is 5.58. The Morgan fingerprint density at radius 2 is 1.95 bits per heavy atom. The lowest BCUT2D eigenvalue weighted by atomic mass is 10.0. The van der Waals surface area contributed by atoms with Crippen LogP contribution in [0.2, 0.25) is 0 Å². The van der Waals surface area contributed by atoms with Crippen LogP contribution in [0.5, 0.6) is 0 Å². The van der Waals surface area contributed by atoms with Gasteiger partial charge < -0.3 is 10.2 Å². The predicted molar refractivity (Wildman–Crippen MR) is 85.1 cm³/mol. The molecule has 2 heterocycles. The Labute approximate surface area is 124 Å². The standard InChI is InChI=1S/C18H18N2O/c21-18(20-11-9-13-4-1-2-6-17(13)20)15-7-8-16-14(12-15)5-3-10-19-16/h1-2,4,6-8,12,19H,3,5,9-11H2. The van der Waals surface area contributed by atoms with Crippen LogP contribution in [0.1, 0.15) is 27.9 Å². The zero-order valence-electron chi connectivity index (χ0n) is 11.9. The first kappa shape index (κ1) is 12.5. The highest BCUT2D eigenvalue weighted by molar-refractivity contribution is 6.07. The number of nitrogens with zero attached hydrogens (tertiary/aromatic N) is 1. The van der Waals surface area contributed by atoms with Gasteiger partial charge in [0.05, 0.1) is 0 Å². The molecule has 0 atom stereocenters. The predicted octanol–water partition coefficient (Wildman–Crippen LogP) is 3.25. The zero-order chi connectivity index (χ0) is 14.2. The largest absolute Gasteiger partial charge is 0.385 e. The molecule has 3 nitrogen and oxygen atoms in total. The van der Waals surface area contributed by atoms with E-state index < -0.39 is 0 Å². The lowest BCUT2D eigenvalue weighted by molar-refractivity contribution is 0.0989. The lowest BCUT2D eigenvalue weighted by Gasteiger charge is -2.21. The molecule has 0 aromatic heterocycles. The Kier molecular flexibility index (Phi) is 2.92. The van der Waals surface area contributed by atoms with Crippen molar-refractivity contribution >= 4 is 17.3 Å². The molecule has 0 saturated carbocycles. The third-order valence-corrected chi connectivity index (χ3v) is 4.42. The van der Waals surface area contributed by atoms with E-state index in [1.165, 1.54) is 16.8 Å². The topological polar surface area (TPSA) is 32.3 Å². The van der Waals surface area contributed by atoms with Crippen LogP contribution in [-0.2, 0) is 12.8 Å². The van der Waals surface area contributed by atoms with E-state index in [0.717, 1.165) is 43.6 Å². The van der Waals surface area contributed by atoms with Crippen LogP contribution in [0.15, 0.2) is 42.5 Å². The summed E-state index contributed by atoms with van der Waals surface area (Å²) in [6.07, 6.45) is 3.14. The van der Waals surface area contributed by atoms with Crippen molar-refractivity contribution in [2.45, 2.75) is 19.3 Å². The van der Waals surface area contributed by atoms with Gasteiger partial charge in [0, 0.05) is 30.0 Å². The number of fused-ring (bicyclic) bond motifs is 2. The molecule has 2 aromatic rings. The molecular weight excluding hydrogens is 260 g/mol. The summed E-state index contributed by atoms with van der Waals surface area (Å²) in [5.74, 6) is 0.119. The highest BCUT2D eigenvalue weighted by atomic mass is 16.2. The number of benzene rings is 2. The molecule has 0 saturated heterocycles. The van der Waals surface area contributed by atoms with Gasteiger partial charge in [-0.1, -0.05) is 18.2 Å². The molecule has 0 aliphatic carbocycles. The maximum Gasteiger partial charge on any atom is 0.258 e. The summed E-state index contributed by atoms with van der Waals surface area (Å²) >= 11 is 0. The number of hydrogen-bond acceptors (Lipinski definition) is 2. The van der Waals surface area contributed by atoms with E-state index in [1.54, 1.807) is 0 Å². The van der Waals surface area contributed by atoms with Crippen LogP contribution in [-0.4, -0.2) is 19.0 Å².